The summed E-state index contributed by atoms with van der Waals surface area (Å²) in [6.45, 7) is 0. The molecule has 1 aromatic heterocycles. The highest BCUT2D eigenvalue weighted by molar-refractivity contribution is 8.01. The van der Waals surface area contributed by atoms with Crippen molar-refractivity contribution < 1.29 is 19.5 Å². The summed E-state index contributed by atoms with van der Waals surface area (Å²) in [6.07, 6.45) is 0. The maximum absolute atomic E-state index is 12.4. The Morgan fingerprint density at radius 2 is 2.23 bits per heavy atom. The van der Waals surface area contributed by atoms with E-state index in [-0.39, 0.29) is 5.70 Å². The summed E-state index contributed by atoms with van der Waals surface area (Å²) in [5.74, 6) is -1.69. The van der Waals surface area contributed by atoms with E-state index in [0.29, 0.717) is 22.2 Å². The number of hydrogen-bond donors (Lipinski definition) is 2. The van der Waals surface area contributed by atoms with Crippen LogP contribution in [0.1, 0.15) is 0 Å². The van der Waals surface area contributed by atoms with E-state index >= 15 is 0 Å². The van der Waals surface area contributed by atoms with Crippen LogP contribution in [0.5, 0.6) is 0 Å². The third kappa shape index (κ3) is 3.50. The number of aromatic nitrogens is 4. The van der Waals surface area contributed by atoms with Gasteiger partial charge in [-0.2, -0.15) is 0 Å². The van der Waals surface area contributed by atoms with Crippen LogP contribution < -0.4 is 5.32 Å². The van der Waals surface area contributed by atoms with Crippen molar-refractivity contribution in [2.75, 3.05) is 11.5 Å². The second-order valence-corrected chi connectivity index (χ2v) is 8.47. The third-order valence-corrected chi connectivity index (χ3v) is 6.54. The fourth-order valence-corrected chi connectivity index (χ4v) is 4.97. The van der Waals surface area contributed by atoms with Crippen LogP contribution in [-0.4, -0.2) is 75.8 Å². The number of tetrazole rings is 1. The number of hydrogen-bond acceptors (Lipinski definition) is 8. The molecular weight excluding hydrogens is 427 g/mol. The number of nitrogens with zero attached hydrogens (tertiary/aromatic N) is 5. The summed E-state index contributed by atoms with van der Waals surface area (Å²) in [6, 6.07) is -0.848. The molecule has 0 aliphatic carbocycles. The van der Waals surface area contributed by atoms with E-state index in [0.717, 1.165) is 0 Å². The molecule has 10 nitrogen and oxygen atoms in total. The van der Waals surface area contributed by atoms with Gasteiger partial charge in [-0.25, -0.2) is 9.48 Å². The normalized spacial score (nSPS) is 22.3. The summed E-state index contributed by atoms with van der Waals surface area (Å²) >= 11 is 13.6. The Hall–Kier alpha value is -1.50. The lowest BCUT2D eigenvalue weighted by Crippen LogP contribution is -2.71. The molecule has 1 saturated heterocycles. The average molecular weight is 439 g/mol. The van der Waals surface area contributed by atoms with E-state index in [1.54, 1.807) is 7.05 Å². The number of aryl methyl sites for hydroxylation is 1. The highest BCUT2D eigenvalue weighted by Crippen LogP contribution is 2.41. The Balaban J connectivity index is 1.76. The average Bonchev–Trinajstić information content (AvgIpc) is 3.01. The van der Waals surface area contributed by atoms with Crippen LogP contribution in [0.4, 0.5) is 0 Å². The summed E-state index contributed by atoms with van der Waals surface area (Å²) in [4.78, 5) is 35.6. The molecule has 2 aliphatic rings. The van der Waals surface area contributed by atoms with Gasteiger partial charge in [0.2, 0.25) is 5.16 Å². The Morgan fingerprint density at radius 1 is 1.50 bits per heavy atom. The van der Waals surface area contributed by atoms with Crippen molar-refractivity contribution >= 4 is 64.5 Å². The second kappa shape index (κ2) is 7.62. The molecule has 2 aliphatic heterocycles. The van der Waals surface area contributed by atoms with Gasteiger partial charge in [0.25, 0.3) is 11.8 Å². The van der Waals surface area contributed by atoms with Crippen molar-refractivity contribution in [1.29, 1.82) is 0 Å². The van der Waals surface area contributed by atoms with Crippen LogP contribution in [0, 0.1) is 0 Å². The first-order valence-electron chi connectivity index (χ1n) is 7.15. The third-order valence-electron chi connectivity index (χ3n) is 3.70. The first kappa shape index (κ1) is 19.3. The molecule has 1 unspecified atom stereocenters. The predicted octanol–water partition coefficient (Wildman–Crippen LogP) is -0.155. The Labute approximate surface area is 165 Å². The van der Waals surface area contributed by atoms with Crippen LogP contribution in [0.2, 0.25) is 0 Å². The first-order valence-corrected chi connectivity index (χ1v) is 10.1. The molecule has 14 heteroatoms. The fourth-order valence-electron chi connectivity index (χ4n) is 2.51. The van der Waals surface area contributed by atoms with Crippen molar-refractivity contribution in [2.24, 2.45) is 7.05 Å². The largest absolute Gasteiger partial charge is 0.477 e. The van der Waals surface area contributed by atoms with Gasteiger partial charge < -0.3 is 10.4 Å². The SMILES string of the molecule is Cn1nnnc1SCC1=C(C(=O)O)N2C(=O)C(NC(=O)C(Cl)Cl)[C@@H]2SC1. The number of amides is 2. The minimum absolute atomic E-state index is 0.0693. The van der Waals surface area contributed by atoms with E-state index in [1.807, 2.05) is 0 Å². The summed E-state index contributed by atoms with van der Waals surface area (Å²) in [5.41, 5.74) is 0.512. The van der Waals surface area contributed by atoms with Crippen LogP contribution in [-0.2, 0) is 21.4 Å². The standard InChI is InChI=1S/C12H12Cl2N6O4S2/c1-19-12(16-17-18-19)26-3-4-2-25-10-5(15-8(21)7(13)14)9(22)20(10)6(4)11(23)24/h5,7,10H,2-3H2,1H3,(H,15,21)(H,23,24)/t5?,10-/m0/s1. The van der Waals surface area contributed by atoms with Gasteiger partial charge in [-0.1, -0.05) is 35.0 Å². The smallest absolute Gasteiger partial charge is 0.352 e. The quantitative estimate of drug-likeness (QED) is 0.353. The number of fused-ring (bicyclic) bond motifs is 1. The van der Waals surface area contributed by atoms with Crippen LogP contribution >= 0.6 is 46.7 Å². The Morgan fingerprint density at radius 3 is 2.81 bits per heavy atom. The number of β-lactam (4-membered cyclic amide) rings is 1. The molecule has 3 rings (SSSR count). The molecule has 2 atom stereocenters. The highest BCUT2D eigenvalue weighted by atomic mass is 35.5. The maximum atomic E-state index is 12.4. The second-order valence-electron chi connectivity index (χ2n) is 5.33. The van der Waals surface area contributed by atoms with Gasteiger partial charge in [-0.05, 0) is 16.0 Å². The van der Waals surface area contributed by atoms with Crippen LogP contribution in [0.25, 0.3) is 0 Å². The molecule has 0 saturated carbocycles. The minimum atomic E-state index is -1.30. The summed E-state index contributed by atoms with van der Waals surface area (Å²) in [7, 11) is 1.67. The lowest BCUT2D eigenvalue weighted by atomic mass is 10.0. The van der Waals surface area contributed by atoms with Crippen LogP contribution in [0.3, 0.4) is 0 Å². The number of carboxylic acids is 1. The summed E-state index contributed by atoms with van der Waals surface area (Å²) in [5, 5.41) is 23.1. The molecule has 0 bridgehead atoms. The minimum Gasteiger partial charge on any atom is -0.477 e. The number of carboxylic acid groups (broad SMARTS) is 1. The zero-order chi connectivity index (χ0) is 19.0. The first-order chi connectivity index (χ1) is 12.3. The van der Waals surface area contributed by atoms with Crippen molar-refractivity contribution in [3.8, 4) is 0 Å². The topological polar surface area (TPSA) is 130 Å². The Kier molecular flexibility index (Phi) is 5.65. The monoisotopic (exact) mass is 438 g/mol. The van der Waals surface area contributed by atoms with E-state index in [9.17, 15) is 19.5 Å². The Bertz CT molecular complexity index is 800. The molecule has 2 N–H and O–H groups in total. The lowest BCUT2D eigenvalue weighted by Gasteiger charge is -2.49. The van der Waals surface area contributed by atoms with E-state index < -0.39 is 34.0 Å². The van der Waals surface area contributed by atoms with Gasteiger partial charge >= 0.3 is 5.97 Å². The van der Waals surface area contributed by atoms with E-state index in [2.05, 4.69) is 20.8 Å². The van der Waals surface area contributed by atoms with Crippen molar-refractivity contribution in [1.82, 2.24) is 30.4 Å². The van der Waals surface area contributed by atoms with Crippen LogP contribution in [0.15, 0.2) is 16.4 Å². The number of thioether (sulfide) groups is 2. The van der Waals surface area contributed by atoms with Gasteiger partial charge in [0.15, 0.2) is 4.84 Å². The van der Waals surface area contributed by atoms with Crippen molar-refractivity contribution in [3.63, 3.8) is 0 Å². The number of aliphatic carboxylic acids is 1. The molecule has 0 spiro atoms. The van der Waals surface area contributed by atoms with Crippen molar-refractivity contribution in [3.05, 3.63) is 11.3 Å². The van der Waals surface area contributed by atoms with Crippen molar-refractivity contribution in [2.45, 2.75) is 21.4 Å². The predicted molar refractivity (Wildman–Crippen MR) is 94.7 cm³/mol. The van der Waals surface area contributed by atoms with E-state index in [4.69, 9.17) is 23.2 Å². The number of carbonyl (C=O) groups is 3. The number of nitrogens with one attached hydrogen (secondary N) is 1. The highest BCUT2D eigenvalue weighted by Gasteiger charge is 2.54. The molecule has 1 aromatic rings. The maximum Gasteiger partial charge on any atom is 0.352 e. The van der Waals surface area contributed by atoms with Gasteiger partial charge in [0, 0.05) is 18.6 Å². The van der Waals surface area contributed by atoms with E-state index in [1.165, 1.54) is 33.1 Å². The molecule has 1 fully saturated rings. The van der Waals surface area contributed by atoms with Gasteiger partial charge in [-0.15, -0.1) is 16.9 Å². The molecule has 0 radical (unpaired) electrons. The molecular formula is C12H12Cl2N6O4S2. The van der Waals surface area contributed by atoms with Gasteiger partial charge in [0.1, 0.15) is 17.1 Å². The van der Waals surface area contributed by atoms with Gasteiger partial charge in [0.05, 0.1) is 0 Å². The molecule has 26 heavy (non-hydrogen) atoms. The number of alkyl halides is 2. The molecule has 0 aromatic carbocycles. The fraction of sp³-hybridized carbons (Fsp3) is 0.500. The summed E-state index contributed by atoms with van der Waals surface area (Å²) < 4.78 is 1.47. The zero-order valence-electron chi connectivity index (χ0n) is 13.1. The molecule has 140 valence electrons. The van der Waals surface area contributed by atoms with Gasteiger partial charge in [-0.3, -0.25) is 14.5 Å². The number of halogens is 2. The molecule has 2 amide bonds. The zero-order valence-corrected chi connectivity index (χ0v) is 16.3. The molecule has 3 heterocycles. The number of carbonyl (C=O) groups excluding carboxylic acids is 2. The number of rotatable bonds is 6. The lowest BCUT2D eigenvalue weighted by molar-refractivity contribution is -0.150.